The SMILES string of the molecule is CCC(=O)Nc1ccc(S(=O)(=O)N2CCc3ccccc3[C@H]2CC(=O)NC[C@@H]2CCCO2)cc1. The van der Waals surface area contributed by atoms with Crippen LogP contribution in [0.4, 0.5) is 5.69 Å². The highest BCUT2D eigenvalue weighted by Gasteiger charge is 2.37. The van der Waals surface area contributed by atoms with Gasteiger partial charge in [-0.05, 0) is 54.7 Å². The van der Waals surface area contributed by atoms with Crippen molar-refractivity contribution < 1.29 is 22.7 Å². The fourth-order valence-electron chi connectivity index (χ4n) is 4.50. The summed E-state index contributed by atoms with van der Waals surface area (Å²) in [6, 6.07) is 13.3. The lowest BCUT2D eigenvalue weighted by Gasteiger charge is -2.36. The van der Waals surface area contributed by atoms with Gasteiger partial charge in [0.1, 0.15) is 0 Å². The van der Waals surface area contributed by atoms with E-state index in [0.29, 0.717) is 31.7 Å². The Morgan fingerprint density at radius 1 is 1.09 bits per heavy atom. The molecule has 34 heavy (non-hydrogen) atoms. The Morgan fingerprint density at radius 3 is 2.56 bits per heavy atom. The average molecular weight is 486 g/mol. The van der Waals surface area contributed by atoms with Gasteiger partial charge in [0.2, 0.25) is 21.8 Å². The average Bonchev–Trinajstić information content (AvgIpc) is 3.37. The van der Waals surface area contributed by atoms with E-state index in [9.17, 15) is 18.0 Å². The van der Waals surface area contributed by atoms with Gasteiger partial charge in [-0.25, -0.2) is 8.42 Å². The summed E-state index contributed by atoms with van der Waals surface area (Å²) in [6.07, 6.45) is 2.88. The monoisotopic (exact) mass is 485 g/mol. The van der Waals surface area contributed by atoms with Crippen molar-refractivity contribution in [1.29, 1.82) is 0 Å². The molecule has 0 saturated carbocycles. The van der Waals surface area contributed by atoms with Crippen LogP contribution >= 0.6 is 0 Å². The van der Waals surface area contributed by atoms with E-state index in [1.165, 1.54) is 16.4 Å². The number of nitrogens with zero attached hydrogens (tertiary/aromatic N) is 1. The predicted molar refractivity (Wildman–Crippen MR) is 129 cm³/mol. The molecule has 0 aliphatic carbocycles. The van der Waals surface area contributed by atoms with Crippen LogP contribution in [0.15, 0.2) is 53.4 Å². The van der Waals surface area contributed by atoms with Gasteiger partial charge in [0.05, 0.1) is 17.0 Å². The van der Waals surface area contributed by atoms with E-state index in [1.54, 1.807) is 19.1 Å². The molecular formula is C25H31N3O5S. The Labute approximate surface area is 200 Å². The summed E-state index contributed by atoms with van der Waals surface area (Å²) in [4.78, 5) is 24.6. The molecule has 9 heteroatoms. The molecule has 8 nitrogen and oxygen atoms in total. The van der Waals surface area contributed by atoms with Crippen molar-refractivity contribution in [3.8, 4) is 0 Å². The molecule has 4 rings (SSSR count). The summed E-state index contributed by atoms with van der Waals surface area (Å²) in [5, 5.41) is 5.64. The van der Waals surface area contributed by atoms with Crippen molar-refractivity contribution in [3.63, 3.8) is 0 Å². The number of anilines is 1. The maximum absolute atomic E-state index is 13.6. The standard InChI is InChI=1S/C25H31N3O5S/c1-2-24(29)27-19-9-11-21(12-10-19)34(31,32)28-14-13-18-6-3-4-8-22(18)23(28)16-25(30)26-17-20-7-5-15-33-20/h3-4,6,8-12,20,23H,2,5,7,13-17H2,1H3,(H,26,30)(H,27,29)/t20-,23+/m0/s1. The molecule has 0 radical (unpaired) electrons. The van der Waals surface area contributed by atoms with Crippen LogP contribution < -0.4 is 10.6 Å². The second-order valence-electron chi connectivity index (χ2n) is 8.65. The number of ether oxygens (including phenoxy) is 1. The zero-order valence-corrected chi connectivity index (χ0v) is 20.1. The highest BCUT2D eigenvalue weighted by atomic mass is 32.2. The minimum absolute atomic E-state index is 0.0224. The molecule has 2 aromatic carbocycles. The molecular weight excluding hydrogens is 454 g/mol. The molecule has 0 spiro atoms. The van der Waals surface area contributed by atoms with Gasteiger partial charge in [-0.2, -0.15) is 4.31 Å². The van der Waals surface area contributed by atoms with Gasteiger partial charge in [-0.1, -0.05) is 31.2 Å². The van der Waals surface area contributed by atoms with Gasteiger partial charge in [0, 0.05) is 38.2 Å². The van der Waals surface area contributed by atoms with Gasteiger partial charge in [-0.15, -0.1) is 0 Å². The van der Waals surface area contributed by atoms with Crippen molar-refractivity contribution in [2.75, 3.05) is 25.0 Å². The normalized spacial score (nSPS) is 20.5. The van der Waals surface area contributed by atoms with Crippen LogP contribution in [-0.4, -0.2) is 50.3 Å². The molecule has 2 aliphatic rings. The first-order chi connectivity index (χ1) is 16.4. The molecule has 2 aliphatic heterocycles. The number of nitrogens with one attached hydrogen (secondary N) is 2. The van der Waals surface area contributed by atoms with Crippen molar-refractivity contribution in [2.24, 2.45) is 0 Å². The molecule has 2 amide bonds. The van der Waals surface area contributed by atoms with Crippen LogP contribution in [0, 0.1) is 0 Å². The Morgan fingerprint density at radius 2 is 1.85 bits per heavy atom. The highest BCUT2D eigenvalue weighted by molar-refractivity contribution is 7.89. The minimum atomic E-state index is -3.86. The van der Waals surface area contributed by atoms with Crippen molar-refractivity contribution in [1.82, 2.24) is 9.62 Å². The summed E-state index contributed by atoms with van der Waals surface area (Å²) in [6.45, 7) is 3.19. The second-order valence-corrected chi connectivity index (χ2v) is 10.5. The number of carbonyl (C=O) groups is 2. The maximum Gasteiger partial charge on any atom is 0.243 e. The number of hydrogen-bond acceptors (Lipinski definition) is 5. The lowest BCUT2D eigenvalue weighted by molar-refractivity contribution is -0.122. The fourth-order valence-corrected chi connectivity index (χ4v) is 6.11. The summed E-state index contributed by atoms with van der Waals surface area (Å²) >= 11 is 0. The molecule has 0 aromatic heterocycles. The third-order valence-corrected chi connectivity index (χ3v) is 8.28. The van der Waals surface area contributed by atoms with Crippen LogP contribution in [0.2, 0.25) is 0 Å². The zero-order valence-electron chi connectivity index (χ0n) is 19.3. The first kappa shape index (κ1) is 24.4. The molecule has 2 atom stereocenters. The number of hydrogen-bond donors (Lipinski definition) is 2. The third-order valence-electron chi connectivity index (χ3n) is 6.36. The number of rotatable bonds is 8. The first-order valence-electron chi connectivity index (χ1n) is 11.8. The topological polar surface area (TPSA) is 105 Å². The van der Waals surface area contributed by atoms with Gasteiger partial charge in [-0.3, -0.25) is 9.59 Å². The van der Waals surface area contributed by atoms with Crippen LogP contribution in [0.25, 0.3) is 0 Å². The number of fused-ring (bicyclic) bond motifs is 1. The molecule has 0 unspecified atom stereocenters. The van der Waals surface area contributed by atoms with Crippen LogP contribution in [0.1, 0.15) is 49.8 Å². The third kappa shape index (κ3) is 5.48. The Hall–Kier alpha value is -2.75. The molecule has 0 bridgehead atoms. The van der Waals surface area contributed by atoms with Crippen LogP contribution in [-0.2, 0) is 30.8 Å². The fraction of sp³-hybridized carbons (Fsp3) is 0.440. The minimum Gasteiger partial charge on any atom is -0.376 e. The molecule has 1 saturated heterocycles. The smallest absolute Gasteiger partial charge is 0.243 e. The van der Waals surface area contributed by atoms with Crippen LogP contribution in [0.5, 0.6) is 0 Å². The molecule has 2 N–H and O–H groups in total. The predicted octanol–water partition coefficient (Wildman–Crippen LogP) is 3.01. The molecule has 2 heterocycles. The molecule has 2 aromatic rings. The van der Waals surface area contributed by atoms with Crippen molar-refractivity contribution >= 4 is 27.5 Å². The number of benzene rings is 2. The number of carbonyl (C=O) groups excluding carboxylic acids is 2. The van der Waals surface area contributed by atoms with Crippen molar-refractivity contribution in [2.45, 2.75) is 56.1 Å². The van der Waals surface area contributed by atoms with Gasteiger partial charge in [0.25, 0.3) is 0 Å². The summed E-state index contributed by atoms with van der Waals surface area (Å²) < 4.78 is 34.3. The quantitative estimate of drug-likeness (QED) is 0.598. The maximum atomic E-state index is 13.6. The second kappa shape index (κ2) is 10.7. The summed E-state index contributed by atoms with van der Waals surface area (Å²) in [7, 11) is -3.86. The van der Waals surface area contributed by atoms with Gasteiger partial charge in [0.15, 0.2) is 0 Å². The summed E-state index contributed by atoms with van der Waals surface area (Å²) in [5.41, 5.74) is 2.46. The van der Waals surface area contributed by atoms with E-state index in [1.807, 2.05) is 24.3 Å². The van der Waals surface area contributed by atoms with E-state index in [0.717, 1.165) is 24.0 Å². The Bertz CT molecular complexity index is 1130. The van der Waals surface area contributed by atoms with Gasteiger partial charge >= 0.3 is 0 Å². The molecule has 182 valence electrons. The van der Waals surface area contributed by atoms with Gasteiger partial charge < -0.3 is 15.4 Å². The number of sulfonamides is 1. The highest BCUT2D eigenvalue weighted by Crippen LogP contribution is 2.36. The van der Waals surface area contributed by atoms with E-state index >= 15 is 0 Å². The first-order valence-corrected chi connectivity index (χ1v) is 13.2. The van der Waals surface area contributed by atoms with E-state index in [4.69, 9.17) is 4.74 Å². The van der Waals surface area contributed by atoms with E-state index in [-0.39, 0.29) is 35.8 Å². The lowest BCUT2D eigenvalue weighted by atomic mass is 9.92. The van der Waals surface area contributed by atoms with E-state index < -0.39 is 16.1 Å². The number of amides is 2. The molecule has 1 fully saturated rings. The largest absolute Gasteiger partial charge is 0.376 e. The Balaban J connectivity index is 1.55. The Kier molecular flexibility index (Phi) is 7.65. The van der Waals surface area contributed by atoms with Crippen molar-refractivity contribution in [3.05, 3.63) is 59.7 Å². The lowest BCUT2D eigenvalue weighted by Crippen LogP contribution is -2.42. The zero-order chi connectivity index (χ0) is 24.1. The van der Waals surface area contributed by atoms with E-state index in [2.05, 4.69) is 10.6 Å². The summed E-state index contributed by atoms with van der Waals surface area (Å²) in [5.74, 6) is -0.340. The van der Waals surface area contributed by atoms with Crippen LogP contribution in [0.3, 0.4) is 0 Å².